The van der Waals surface area contributed by atoms with Crippen LogP contribution in [0.15, 0.2) is 0 Å². The Hall–Kier alpha value is -0.120. The van der Waals surface area contributed by atoms with Gasteiger partial charge >= 0.3 is 0 Å². The molecule has 1 heterocycles. The van der Waals surface area contributed by atoms with E-state index in [4.69, 9.17) is 0 Å². The number of rotatable bonds is 7. The number of nitrogens with one attached hydrogen (secondary N) is 1. The van der Waals surface area contributed by atoms with E-state index in [1.54, 1.807) is 0 Å². The van der Waals surface area contributed by atoms with E-state index < -0.39 is 0 Å². The Morgan fingerprint density at radius 3 is 2.88 bits per heavy atom. The number of nitrogens with zero attached hydrogens (tertiary/aromatic N) is 1. The van der Waals surface area contributed by atoms with Crippen LogP contribution in [0, 0.1) is 5.92 Å². The van der Waals surface area contributed by atoms with Crippen molar-refractivity contribution in [1.29, 1.82) is 0 Å². The SMILES string of the molecule is CCCNC(CO)CN1CCCC(CC)C1. The van der Waals surface area contributed by atoms with Gasteiger partial charge in [0.25, 0.3) is 0 Å². The van der Waals surface area contributed by atoms with Crippen molar-refractivity contribution in [3.63, 3.8) is 0 Å². The summed E-state index contributed by atoms with van der Waals surface area (Å²) in [6.45, 7) is 9.15. The molecule has 1 saturated heterocycles. The van der Waals surface area contributed by atoms with Crippen LogP contribution in [0.5, 0.6) is 0 Å². The molecule has 0 radical (unpaired) electrons. The summed E-state index contributed by atoms with van der Waals surface area (Å²) in [6.07, 6.45) is 5.14. The van der Waals surface area contributed by atoms with Gasteiger partial charge in [0.2, 0.25) is 0 Å². The normalized spacial score (nSPS) is 24.6. The molecule has 2 atom stereocenters. The molecule has 1 fully saturated rings. The van der Waals surface area contributed by atoms with E-state index in [1.807, 2.05) is 0 Å². The van der Waals surface area contributed by atoms with Gasteiger partial charge in [-0.2, -0.15) is 0 Å². The van der Waals surface area contributed by atoms with Crippen molar-refractivity contribution in [1.82, 2.24) is 10.2 Å². The maximum Gasteiger partial charge on any atom is 0.0597 e. The summed E-state index contributed by atoms with van der Waals surface area (Å²) in [7, 11) is 0. The lowest BCUT2D eigenvalue weighted by molar-refractivity contribution is 0.133. The van der Waals surface area contributed by atoms with E-state index in [0.717, 1.165) is 25.4 Å². The van der Waals surface area contributed by atoms with Crippen molar-refractivity contribution < 1.29 is 5.11 Å². The van der Waals surface area contributed by atoms with Crippen LogP contribution < -0.4 is 5.32 Å². The predicted molar refractivity (Wildman–Crippen MR) is 68.6 cm³/mol. The third-order valence-corrected chi connectivity index (χ3v) is 3.56. The largest absolute Gasteiger partial charge is 0.395 e. The minimum atomic E-state index is 0.257. The first kappa shape index (κ1) is 13.9. The summed E-state index contributed by atoms with van der Waals surface area (Å²) >= 11 is 0. The molecule has 0 spiro atoms. The van der Waals surface area contributed by atoms with Gasteiger partial charge in [-0.25, -0.2) is 0 Å². The maximum absolute atomic E-state index is 9.32. The third-order valence-electron chi connectivity index (χ3n) is 3.56. The van der Waals surface area contributed by atoms with Gasteiger partial charge in [-0.1, -0.05) is 20.3 Å². The topological polar surface area (TPSA) is 35.5 Å². The highest BCUT2D eigenvalue weighted by Crippen LogP contribution is 2.18. The maximum atomic E-state index is 9.32. The van der Waals surface area contributed by atoms with E-state index in [2.05, 4.69) is 24.1 Å². The number of likely N-dealkylation sites (tertiary alicyclic amines) is 1. The monoisotopic (exact) mass is 228 g/mol. The first-order valence-corrected chi connectivity index (χ1v) is 6.86. The number of hydrogen-bond acceptors (Lipinski definition) is 3. The Bertz CT molecular complexity index is 175. The molecule has 1 aliphatic rings. The molecule has 0 aromatic carbocycles. The highest BCUT2D eigenvalue weighted by Gasteiger charge is 2.20. The van der Waals surface area contributed by atoms with Crippen LogP contribution >= 0.6 is 0 Å². The molecule has 1 rings (SSSR count). The van der Waals surface area contributed by atoms with Crippen LogP contribution in [0.3, 0.4) is 0 Å². The minimum absolute atomic E-state index is 0.257. The molecule has 2 unspecified atom stereocenters. The molecule has 2 N–H and O–H groups in total. The molecular weight excluding hydrogens is 200 g/mol. The van der Waals surface area contributed by atoms with Gasteiger partial charge in [-0.05, 0) is 38.3 Å². The van der Waals surface area contributed by atoms with Gasteiger partial charge in [0, 0.05) is 19.1 Å². The Balaban J connectivity index is 2.27. The smallest absolute Gasteiger partial charge is 0.0597 e. The fourth-order valence-corrected chi connectivity index (χ4v) is 2.50. The second-order valence-electron chi connectivity index (χ2n) is 5.01. The average molecular weight is 228 g/mol. The lowest BCUT2D eigenvalue weighted by Crippen LogP contribution is -2.46. The van der Waals surface area contributed by atoms with E-state index >= 15 is 0 Å². The average Bonchev–Trinajstić information content (AvgIpc) is 2.34. The van der Waals surface area contributed by atoms with Gasteiger partial charge in [0.1, 0.15) is 0 Å². The van der Waals surface area contributed by atoms with Crippen molar-refractivity contribution in [2.75, 3.05) is 32.8 Å². The molecule has 0 aromatic heterocycles. The van der Waals surface area contributed by atoms with Crippen LogP contribution in [0.25, 0.3) is 0 Å². The van der Waals surface area contributed by atoms with Crippen LogP contribution in [-0.2, 0) is 0 Å². The van der Waals surface area contributed by atoms with Crippen molar-refractivity contribution in [3.05, 3.63) is 0 Å². The summed E-state index contributed by atoms with van der Waals surface area (Å²) < 4.78 is 0. The van der Waals surface area contributed by atoms with Crippen LogP contribution in [-0.4, -0.2) is 48.8 Å². The number of piperidine rings is 1. The summed E-state index contributed by atoms with van der Waals surface area (Å²) in [5.74, 6) is 0.874. The first-order valence-electron chi connectivity index (χ1n) is 6.86. The fourth-order valence-electron chi connectivity index (χ4n) is 2.50. The number of aliphatic hydroxyl groups excluding tert-OH is 1. The minimum Gasteiger partial charge on any atom is -0.395 e. The molecule has 16 heavy (non-hydrogen) atoms. The van der Waals surface area contributed by atoms with Crippen LogP contribution in [0.4, 0.5) is 0 Å². The summed E-state index contributed by atoms with van der Waals surface area (Å²) in [5.41, 5.74) is 0. The van der Waals surface area contributed by atoms with Gasteiger partial charge in [0.15, 0.2) is 0 Å². The summed E-state index contributed by atoms with van der Waals surface area (Å²) in [5, 5.41) is 12.7. The van der Waals surface area contributed by atoms with Crippen molar-refractivity contribution in [2.45, 2.75) is 45.6 Å². The Morgan fingerprint density at radius 2 is 2.25 bits per heavy atom. The van der Waals surface area contributed by atoms with E-state index in [0.29, 0.717) is 0 Å². The van der Waals surface area contributed by atoms with Gasteiger partial charge in [-0.15, -0.1) is 0 Å². The standard InChI is InChI=1S/C13H28N2O/c1-3-7-14-13(11-16)10-15-8-5-6-12(4-2)9-15/h12-14,16H,3-11H2,1-2H3. The lowest BCUT2D eigenvalue weighted by Gasteiger charge is -2.34. The van der Waals surface area contributed by atoms with Crippen LogP contribution in [0.2, 0.25) is 0 Å². The van der Waals surface area contributed by atoms with Crippen molar-refractivity contribution >= 4 is 0 Å². The molecule has 0 amide bonds. The van der Waals surface area contributed by atoms with E-state index in [9.17, 15) is 5.11 Å². The summed E-state index contributed by atoms with van der Waals surface area (Å²) in [4.78, 5) is 2.52. The molecule has 3 nitrogen and oxygen atoms in total. The number of hydrogen-bond donors (Lipinski definition) is 2. The van der Waals surface area contributed by atoms with Crippen molar-refractivity contribution in [3.8, 4) is 0 Å². The quantitative estimate of drug-likeness (QED) is 0.692. The zero-order valence-corrected chi connectivity index (χ0v) is 10.9. The highest BCUT2D eigenvalue weighted by molar-refractivity contribution is 4.77. The van der Waals surface area contributed by atoms with Gasteiger partial charge < -0.3 is 15.3 Å². The molecular formula is C13H28N2O. The van der Waals surface area contributed by atoms with Crippen molar-refractivity contribution in [2.24, 2.45) is 5.92 Å². The second kappa shape index (κ2) is 8.04. The molecule has 0 aliphatic carbocycles. The highest BCUT2D eigenvalue weighted by atomic mass is 16.3. The number of aliphatic hydroxyl groups is 1. The lowest BCUT2D eigenvalue weighted by atomic mass is 9.95. The summed E-state index contributed by atoms with van der Waals surface area (Å²) in [6, 6.07) is 0.260. The zero-order valence-electron chi connectivity index (χ0n) is 10.9. The molecule has 0 aromatic rings. The third kappa shape index (κ3) is 4.81. The van der Waals surface area contributed by atoms with E-state index in [-0.39, 0.29) is 12.6 Å². The Kier molecular flexibility index (Phi) is 7.01. The second-order valence-corrected chi connectivity index (χ2v) is 5.01. The Labute approximate surface area is 100 Å². The van der Waals surface area contributed by atoms with E-state index in [1.165, 1.54) is 32.4 Å². The molecule has 96 valence electrons. The molecule has 3 heteroatoms. The zero-order chi connectivity index (χ0) is 11.8. The molecule has 0 saturated carbocycles. The molecule has 1 aliphatic heterocycles. The molecule has 0 bridgehead atoms. The van der Waals surface area contributed by atoms with Gasteiger partial charge in [0.05, 0.1) is 6.61 Å². The first-order chi connectivity index (χ1) is 7.80. The predicted octanol–water partition coefficient (Wildman–Crippen LogP) is 1.47. The van der Waals surface area contributed by atoms with Crippen LogP contribution in [0.1, 0.15) is 39.5 Å². The Morgan fingerprint density at radius 1 is 1.44 bits per heavy atom. The van der Waals surface area contributed by atoms with Gasteiger partial charge in [-0.3, -0.25) is 0 Å². The fraction of sp³-hybridized carbons (Fsp3) is 1.00.